The largest absolute Gasteiger partial charge is 0.481 e. The smallest absolute Gasteiger partial charge is 0.309 e. The lowest BCUT2D eigenvalue weighted by atomic mass is 9.95. The molecule has 4 heterocycles. The van der Waals surface area contributed by atoms with Gasteiger partial charge in [-0.3, -0.25) is 19.2 Å². The summed E-state index contributed by atoms with van der Waals surface area (Å²) in [7, 11) is 0. The molecule has 0 bridgehead atoms. The third-order valence-electron chi connectivity index (χ3n) is 19.6. The number of fused-ring (bicyclic) bond motifs is 24. The lowest BCUT2D eigenvalue weighted by molar-refractivity contribution is -0.672. The van der Waals surface area contributed by atoms with Crippen molar-refractivity contribution in [2.45, 2.75) is 64.1 Å². The number of thioether (sulfide) groups is 1. The molecule has 510 valence electrons. The first-order chi connectivity index (χ1) is 50.6. The van der Waals surface area contributed by atoms with Gasteiger partial charge in [0.05, 0.1) is 47.8 Å². The highest BCUT2D eigenvalue weighted by Gasteiger charge is 2.33. The van der Waals surface area contributed by atoms with Gasteiger partial charge in [0.15, 0.2) is 17.6 Å². The molecule has 14 aromatic rings. The average molecular weight is 1390 g/mol. The Morgan fingerprint density at radius 1 is 0.476 bits per heavy atom. The number of hydrogen-bond acceptors (Lipinski definition) is 10. The third-order valence-corrected chi connectivity index (χ3v) is 22.0. The van der Waals surface area contributed by atoms with E-state index in [4.69, 9.17) is 9.47 Å². The molecule has 2 aromatic heterocycles. The van der Waals surface area contributed by atoms with Crippen LogP contribution in [-0.2, 0) is 54.7 Å². The number of benzene rings is 12. The molecule has 0 fully saturated rings. The highest BCUT2D eigenvalue weighted by atomic mass is 32.2. The van der Waals surface area contributed by atoms with E-state index in [2.05, 4.69) is 268 Å². The summed E-state index contributed by atoms with van der Waals surface area (Å²) in [5, 5.41) is 40.4. The van der Waals surface area contributed by atoms with Crippen LogP contribution in [0.1, 0.15) is 49.5 Å². The summed E-state index contributed by atoms with van der Waals surface area (Å²) in [6.07, 6.45) is 22.5. The quantitative estimate of drug-likeness (QED) is 0.0207. The molecule has 16 rings (SSSR count). The first-order valence-corrected chi connectivity index (χ1v) is 36.6. The van der Waals surface area contributed by atoms with Gasteiger partial charge in [-0.05, 0) is 102 Å². The SMILES string of the molecule is CC(C)CCn1c(/C=C/C=C/C=C2/Sc3c(c4ccccc4c4ccccc34)N2CCOC=O)[n+](CCC(=O)O)c2c3ccccc3c3ccccc3c21.O=COCCN1\C(=C/C=C/C=C/c2sc3c4ccccc4c4ccccc4c3[n+]2CCC(=O)O)Cc2c1c1ccccc1c1ccccc21. The zero-order valence-corrected chi connectivity index (χ0v) is 58.8. The molecule has 0 saturated carbocycles. The Morgan fingerprint density at radius 3 is 1.50 bits per heavy atom. The second-order valence-electron chi connectivity index (χ2n) is 26.1. The maximum absolute atomic E-state index is 12.0. The molecule has 0 spiro atoms. The molecule has 12 aromatic carbocycles. The molecular weight excluding hydrogens is 1320 g/mol. The molecule has 2 aliphatic heterocycles. The van der Waals surface area contributed by atoms with Crippen molar-refractivity contribution in [1.82, 2.24) is 4.57 Å². The Morgan fingerprint density at radius 2 is 0.922 bits per heavy atom. The fourth-order valence-electron chi connectivity index (χ4n) is 15.2. The van der Waals surface area contributed by atoms with E-state index in [0.717, 1.165) is 100 Å². The van der Waals surface area contributed by atoms with Crippen LogP contribution in [0.3, 0.4) is 0 Å². The van der Waals surface area contributed by atoms with E-state index in [-0.39, 0.29) is 26.1 Å². The minimum Gasteiger partial charge on any atom is -0.481 e. The van der Waals surface area contributed by atoms with E-state index < -0.39 is 11.9 Å². The van der Waals surface area contributed by atoms with Crippen molar-refractivity contribution in [1.29, 1.82) is 0 Å². The van der Waals surface area contributed by atoms with E-state index in [9.17, 15) is 29.4 Å². The lowest BCUT2D eigenvalue weighted by Crippen LogP contribution is -2.37. The van der Waals surface area contributed by atoms with Gasteiger partial charge in [-0.2, -0.15) is 4.57 Å². The van der Waals surface area contributed by atoms with Crippen LogP contribution in [-0.4, -0.2) is 66.0 Å². The summed E-state index contributed by atoms with van der Waals surface area (Å²) in [4.78, 5) is 51.6. The number of rotatable bonds is 23. The Labute approximate surface area is 603 Å². The number of carbonyl (C=O) groups excluding carboxylic acids is 2. The molecular formula is C88H75N5O8S2+2. The van der Waals surface area contributed by atoms with Gasteiger partial charge in [-0.15, -0.1) is 0 Å². The van der Waals surface area contributed by atoms with E-state index in [1.807, 2.05) is 24.3 Å². The number of aliphatic carboxylic acids is 2. The average Bonchev–Trinajstić information content (AvgIpc) is 1.62. The minimum absolute atomic E-state index is 0.0166. The number of nitrogens with zero attached hydrogens (tertiary/aromatic N) is 5. The molecule has 2 aliphatic rings. The highest BCUT2D eigenvalue weighted by Crippen LogP contribution is 2.54. The standard InChI is InChI=1S/C46H41N3O4S.C42H32N2O4S/c1-31(2)24-26-47-40(48(27-25-42(51)52)44-37-19-11-7-15-33(37)32-14-6-10-18-36(32)43(44)47)22-4-3-5-23-41-49(28-29-53-30-50)45-38-20-12-8-16-34(38)35-17-9-13-21-39(35)46(45)54-41;45-27-48-25-24-43-28(26-37-33-17-5-4-13-29(33)30-14-6-9-18-34(30)40(37)43)12-2-1-3-21-38-44(23-22-39(46)47)41-35-19-10-7-15-31(35)32-16-8-11-20-36(32)42(41)49-38/h3-23,30-31H,24-29H2,1-2H3;1-21,27H,22-26H2/p+2. The zero-order valence-electron chi connectivity index (χ0n) is 57.2. The molecule has 0 saturated heterocycles. The van der Waals surface area contributed by atoms with Crippen LogP contribution in [0.25, 0.3) is 120 Å². The van der Waals surface area contributed by atoms with Gasteiger partial charge in [0.1, 0.15) is 30.9 Å². The monoisotopic (exact) mass is 1390 g/mol. The fourth-order valence-corrected chi connectivity index (χ4v) is 17.7. The number of carboxylic acid groups (broad SMARTS) is 2. The van der Waals surface area contributed by atoms with Gasteiger partial charge in [-0.25, -0.2) is 9.13 Å². The third kappa shape index (κ3) is 13.0. The van der Waals surface area contributed by atoms with E-state index in [1.165, 1.54) is 70.0 Å². The Kier molecular flexibility index (Phi) is 19.5. The first kappa shape index (κ1) is 67.2. The number of carboxylic acids is 2. The molecule has 2 N–H and O–H groups in total. The molecule has 13 nitrogen and oxygen atoms in total. The van der Waals surface area contributed by atoms with Crippen molar-refractivity contribution in [3.8, 4) is 0 Å². The summed E-state index contributed by atoms with van der Waals surface area (Å²) < 4.78 is 18.3. The second kappa shape index (κ2) is 29.9. The van der Waals surface area contributed by atoms with Crippen molar-refractivity contribution in [2.75, 3.05) is 36.1 Å². The van der Waals surface area contributed by atoms with Crippen LogP contribution in [0.2, 0.25) is 0 Å². The Hall–Kier alpha value is -11.7. The molecule has 0 atom stereocenters. The molecule has 0 radical (unpaired) electrons. The summed E-state index contributed by atoms with van der Waals surface area (Å²) in [6, 6.07) is 67.9. The number of imidazole rings is 1. The fraction of sp³-hybridized carbons (Fsp3) is 0.159. The number of hydrogen-bond donors (Lipinski definition) is 2. The number of anilines is 2. The maximum atomic E-state index is 12.0. The molecule has 0 unspecified atom stereocenters. The van der Waals surface area contributed by atoms with Gasteiger partial charge in [0.25, 0.3) is 23.8 Å². The number of ether oxygens (including phenoxy) is 2. The van der Waals surface area contributed by atoms with E-state index in [1.54, 1.807) is 23.1 Å². The molecule has 15 heteroatoms. The van der Waals surface area contributed by atoms with Gasteiger partial charge >= 0.3 is 11.9 Å². The highest BCUT2D eigenvalue weighted by molar-refractivity contribution is 8.04. The predicted octanol–water partition coefficient (Wildman–Crippen LogP) is 19.2. The number of aromatic nitrogens is 3. The normalized spacial score (nSPS) is 14.0. The number of carbonyl (C=O) groups is 4. The van der Waals surface area contributed by atoms with Crippen LogP contribution in [0.5, 0.6) is 0 Å². The molecule has 0 aliphatic carbocycles. The van der Waals surface area contributed by atoms with Gasteiger partial charge in [0, 0.05) is 56.1 Å². The maximum Gasteiger partial charge on any atom is 0.309 e. The molecule has 0 amide bonds. The summed E-state index contributed by atoms with van der Waals surface area (Å²) in [5.41, 5.74) is 7.98. The van der Waals surface area contributed by atoms with Gasteiger partial charge in [-0.1, -0.05) is 249 Å². The van der Waals surface area contributed by atoms with Gasteiger partial charge < -0.3 is 29.5 Å². The number of thiazole rings is 1. The molecule has 103 heavy (non-hydrogen) atoms. The van der Waals surface area contributed by atoms with E-state index >= 15 is 0 Å². The summed E-state index contributed by atoms with van der Waals surface area (Å²) in [6.45, 7) is 8.66. The van der Waals surface area contributed by atoms with Crippen molar-refractivity contribution in [3.05, 3.63) is 270 Å². The Bertz CT molecular complexity index is 5920. The summed E-state index contributed by atoms with van der Waals surface area (Å²) >= 11 is 3.43. The van der Waals surface area contributed by atoms with Crippen molar-refractivity contribution in [2.24, 2.45) is 5.92 Å². The Balaban J connectivity index is 0.000000167. The second-order valence-corrected chi connectivity index (χ2v) is 28.2. The number of aryl methyl sites for hydroxylation is 3. The predicted molar refractivity (Wildman–Crippen MR) is 422 cm³/mol. The van der Waals surface area contributed by atoms with Crippen molar-refractivity contribution in [3.63, 3.8) is 0 Å². The van der Waals surface area contributed by atoms with Crippen LogP contribution < -0.4 is 18.9 Å². The topological polar surface area (TPSA) is 146 Å². The summed E-state index contributed by atoms with van der Waals surface area (Å²) in [5.74, 6) is -0.179. The van der Waals surface area contributed by atoms with Gasteiger partial charge in [0.2, 0.25) is 5.52 Å². The van der Waals surface area contributed by atoms with Crippen LogP contribution >= 0.6 is 23.1 Å². The minimum atomic E-state index is -0.823. The van der Waals surface area contributed by atoms with Crippen LogP contribution in [0.4, 0.5) is 11.4 Å². The van der Waals surface area contributed by atoms with Crippen LogP contribution in [0.15, 0.2) is 258 Å². The van der Waals surface area contributed by atoms with E-state index in [0.29, 0.717) is 45.0 Å². The number of allylic oxidation sites excluding steroid dienone is 9. The van der Waals surface area contributed by atoms with Crippen LogP contribution in [0, 0.1) is 5.92 Å². The lowest BCUT2D eigenvalue weighted by Gasteiger charge is -2.23. The first-order valence-electron chi connectivity index (χ1n) is 34.9. The van der Waals surface area contributed by atoms with Crippen molar-refractivity contribution < 1.29 is 48.0 Å². The zero-order chi connectivity index (χ0) is 70.5. The van der Waals surface area contributed by atoms with Crippen molar-refractivity contribution >= 4 is 179 Å².